The molecule has 0 aliphatic heterocycles. The minimum Gasteiger partial charge on any atom is -0.392 e. The summed E-state index contributed by atoms with van der Waals surface area (Å²) >= 11 is 0. The number of aliphatic hydroxyl groups excluding tert-OH is 1. The van der Waals surface area contributed by atoms with Crippen LogP contribution in [0, 0.1) is 0 Å². The molecule has 0 bridgehead atoms. The number of hydrogen-bond acceptors (Lipinski definition) is 3. The Bertz CT molecular complexity index is 162. The summed E-state index contributed by atoms with van der Waals surface area (Å²) in [6, 6.07) is 0.281. The number of rotatable bonds is 5. The van der Waals surface area contributed by atoms with Crippen molar-refractivity contribution in [2.24, 2.45) is 0 Å². The third-order valence-electron chi connectivity index (χ3n) is 2.94. The van der Waals surface area contributed by atoms with Gasteiger partial charge in [0.25, 0.3) is 0 Å². The maximum Gasteiger partial charge on any atom is 0.0693 e. The van der Waals surface area contributed by atoms with Crippen molar-refractivity contribution in [2.45, 2.75) is 64.2 Å². The second kappa shape index (κ2) is 7.20. The van der Waals surface area contributed by atoms with Crippen molar-refractivity contribution in [3.63, 3.8) is 0 Å². The molecule has 2 atom stereocenters. The Morgan fingerprint density at radius 2 is 2.00 bits per heavy atom. The maximum absolute atomic E-state index is 9.85. The van der Waals surface area contributed by atoms with Gasteiger partial charge in [-0.1, -0.05) is 19.3 Å². The molecular formula is C12H25NO2. The summed E-state index contributed by atoms with van der Waals surface area (Å²) in [5.74, 6) is 0. The van der Waals surface area contributed by atoms with Gasteiger partial charge >= 0.3 is 0 Å². The van der Waals surface area contributed by atoms with Crippen molar-refractivity contribution < 1.29 is 9.84 Å². The van der Waals surface area contributed by atoms with Gasteiger partial charge in [0, 0.05) is 12.6 Å². The molecule has 0 spiro atoms. The third-order valence-corrected chi connectivity index (χ3v) is 2.94. The smallest absolute Gasteiger partial charge is 0.0693 e. The summed E-state index contributed by atoms with van der Waals surface area (Å²) in [5.41, 5.74) is 0. The van der Waals surface area contributed by atoms with Crippen molar-refractivity contribution in [3.8, 4) is 0 Å². The number of aliphatic hydroxyl groups is 1. The lowest BCUT2D eigenvalue weighted by molar-refractivity contribution is 0.0701. The van der Waals surface area contributed by atoms with Crippen LogP contribution >= 0.6 is 0 Å². The van der Waals surface area contributed by atoms with Crippen LogP contribution in [0.25, 0.3) is 0 Å². The molecule has 0 saturated heterocycles. The van der Waals surface area contributed by atoms with E-state index in [1.54, 1.807) is 0 Å². The lowest BCUT2D eigenvalue weighted by Crippen LogP contribution is -2.40. The number of ether oxygens (including phenoxy) is 1. The van der Waals surface area contributed by atoms with Crippen LogP contribution in [-0.4, -0.2) is 36.5 Å². The van der Waals surface area contributed by atoms with Gasteiger partial charge in [0.15, 0.2) is 0 Å². The van der Waals surface area contributed by atoms with Crippen molar-refractivity contribution in [1.82, 2.24) is 5.32 Å². The number of nitrogens with one attached hydrogen (secondary N) is 1. The van der Waals surface area contributed by atoms with Crippen LogP contribution in [0.4, 0.5) is 0 Å². The highest BCUT2D eigenvalue weighted by Gasteiger charge is 2.20. The van der Waals surface area contributed by atoms with Gasteiger partial charge in [0.05, 0.1) is 18.8 Å². The van der Waals surface area contributed by atoms with Crippen LogP contribution in [-0.2, 0) is 4.74 Å². The van der Waals surface area contributed by atoms with E-state index in [0.717, 1.165) is 26.0 Å². The Balaban J connectivity index is 2.12. The first kappa shape index (κ1) is 12.9. The van der Waals surface area contributed by atoms with E-state index in [-0.39, 0.29) is 12.1 Å². The van der Waals surface area contributed by atoms with E-state index in [4.69, 9.17) is 4.74 Å². The standard InChI is InChI=1S/C12H25NO2/c1-10(2)15-9-8-13-11-6-4-3-5-7-12(11)14/h10-14H,3-9H2,1-2H3. The Labute approximate surface area is 93.2 Å². The Hall–Kier alpha value is -0.120. The van der Waals surface area contributed by atoms with Crippen molar-refractivity contribution in [3.05, 3.63) is 0 Å². The molecule has 1 saturated carbocycles. The first-order valence-electron chi connectivity index (χ1n) is 6.23. The van der Waals surface area contributed by atoms with E-state index >= 15 is 0 Å². The summed E-state index contributed by atoms with van der Waals surface area (Å²) in [6.45, 7) is 5.67. The molecule has 2 unspecified atom stereocenters. The topological polar surface area (TPSA) is 41.5 Å². The highest BCUT2D eigenvalue weighted by molar-refractivity contribution is 4.78. The molecule has 0 radical (unpaired) electrons. The Morgan fingerprint density at radius 3 is 2.73 bits per heavy atom. The third kappa shape index (κ3) is 5.50. The molecule has 2 N–H and O–H groups in total. The fourth-order valence-electron chi connectivity index (χ4n) is 2.07. The van der Waals surface area contributed by atoms with E-state index in [0.29, 0.717) is 6.10 Å². The van der Waals surface area contributed by atoms with Crippen LogP contribution < -0.4 is 5.32 Å². The Kier molecular flexibility index (Phi) is 6.22. The molecule has 3 heteroatoms. The van der Waals surface area contributed by atoms with Crippen LogP contribution in [0.5, 0.6) is 0 Å². The molecule has 90 valence electrons. The minimum absolute atomic E-state index is 0.161. The van der Waals surface area contributed by atoms with Crippen molar-refractivity contribution in [1.29, 1.82) is 0 Å². The van der Waals surface area contributed by atoms with Gasteiger partial charge in [-0.25, -0.2) is 0 Å². The van der Waals surface area contributed by atoms with E-state index in [1.165, 1.54) is 19.3 Å². The van der Waals surface area contributed by atoms with Crippen LogP contribution in [0.3, 0.4) is 0 Å². The molecular weight excluding hydrogens is 190 g/mol. The largest absolute Gasteiger partial charge is 0.392 e. The zero-order chi connectivity index (χ0) is 11.1. The van der Waals surface area contributed by atoms with E-state index in [2.05, 4.69) is 5.32 Å². The first-order valence-corrected chi connectivity index (χ1v) is 6.23. The molecule has 0 aromatic rings. The van der Waals surface area contributed by atoms with Crippen LogP contribution in [0.2, 0.25) is 0 Å². The molecule has 0 aromatic carbocycles. The summed E-state index contributed by atoms with van der Waals surface area (Å²) in [5, 5.41) is 13.2. The fourth-order valence-corrected chi connectivity index (χ4v) is 2.07. The molecule has 0 amide bonds. The SMILES string of the molecule is CC(C)OCCNC1CCCCCC1O. The lowest BCUT2D eigenvalue weighted by atomic mass is 10.1. The predicted molar refractivity (Wildman–Crippen MR) is 62.0 cm³/mol. The second-order valence-electron chi connectivity index (χ2n) is 4.69. The highest BCUT2D eigenvalue weighted by Crippen LogP contribution is 2.17. The number of hydrogen-bond donors (Lipinski definition) is 2. The zero-order valence-corrected chi connectivity index (χ0v) is 10.0. The van der Waals surface area contributed by atoms with Crippen LogP contribution in [0.15, 0.2) is 0 Å². The second-order valence-corrected chi connectivity index (χ2v) is 4.69. The quantitative estimate of drug-likeness (QED) is 0.542. The van der Waals surface area contributed by atoms with Gasteiger partial charge < -0.3 is 15.2 Å². The van der Waals surface area contributed by atoms with E-state index < -0.39 is 0 Å². The minimum atomic E-state index is -0.161. The van der Waals surface area contributed by atoms with Gasteiger partial charge in [0.2, 0.25) is 0 Å². The summed E-state index contributed by atoms with van der Waals surface area (Å²) < 4.78 is 5.46. The maximum atomic E-state index is 9.85. The molecule has 1 aliphatic rings. The van der Waals surface area contributed by atoms with Gasteiger partial charge in [-0.15, -0.1) is 0 Å². The molecule has 15 heavy (non-hydrogen) atoms. The van der Waals surface area contributed by atoms with Gasteiger partial charge in [-0.05, 0) is 26.7 Å². The highest BCUT2D eigenvalue weighted by atomic mass is 16.5. The lowest BCUT2D eigenvalue weighted by Gasteiger charge is -2.22. The fraction of sp³-hybridized carbons (Fsp3) is 1.00. The molecule has 1 rings (SSSR count). The molecule has 0 heterocycles. The van der Waals surface area contributed by atoms with E-state index in [9.17, 15) is 5.11 Å². The average molecular weight is 215 g/mol. The summed E-state index contributed by atoms with van der Waals surface area (Å²) in [7, 11) is 0. The summed E-state index contributed by atoms with van der Waals surface area (Å²) in [6.07, 6.45) is 5.85. The average Bonchev–Trinajstić information content (AvgIpc) is 2.38. The van der Waals surface area contributed by atoms with Crippen molar-refractivity contribution in [2.75, 3.05) is 13.2 Å². The monoisotopic (exact) mass is 215 g/mol. The first-order chi connectivity index (χ1) is 7.20. The molecule has 3 nitrogen and oxygen atoms in total. The van der Waals surface area contributed by atoms with Crippen LogP contribution in [0.1, 0.15) is 46.0 Å². The molecule has 0 aromatic heterocycles. The van der Waals surface area contributed by atoms with Gasteiger partial charge in [0.1, 0.15) is 0 Å². The molecule has 1 fully saturated rings. The Morgan fingerprint density at radius 1 is 1.27 bits per heavy atom. The van der Waals surface area contributed by atoms with Gasteiger partial charge in [-0.2, -0.15) is 0 Å². The molecule has 1 aliphatic carbocycles. The van der Waals surface area contributed by atoms with E-state index in [1.807, 2.05) is 13.8 Å². The van der Waals surface area contributed by atoms with Gasteiger partial charge in [-0.3, -0.25) is 0 Å². The zero-order valence-electron chi connectivity index (χ0n) is 10.0. The van der Waals surface area contributed by atoms with Crippen molar-refractivity contribution >= 4 is 0 Å². The normalized spacial score (nSPS) is 28.0. The predicted octanol–water partition coefficient (Wildman–Crippen LogP) is 1.69. The summed E-state index contributed by atoms with van der Waals surface area (Å²) in [4.78, 5) is 0.